The van der Waals surface area contributed by atoms with Crippen molar-refractivity contribution in [2.75, 3.05) is 26.8 Å². The molecule has 1 aromatic rings. The molecule has 0 aliphatic carbocycles. The first-order valence-corrected chi connectivity index (χ1v) is 8.26. The predicted molar refractivity (Wildman–Crippen MR) is 92.0 cm³/mol. The second kappa shape index (κ2) is 9.39. The third-order valence-electron chi connectivity index (χ3n) is 3.01. The van der Waals surface area contributed by atoms with Gasteiger partial charge in [0.15, 0.2) is 11.5 Å². The lowest BCUT2D eigenvalue weighted by atomic mass is 10.2. The van der Waals surface area contributed by atoms with Crippen LogP contribution in [0.1, 0.15) is 31.1 Å². The van der Waals surface area contributed by atoms with Crippen molar-refractivity contribution in [1.29, 1.82) is 0 Å². The molecule has 0 heterocycles. The summed E-state index contributed by atoms with van der Waals surface area (Å²) in [6.45, 7) is 6.74. The second-order valence-corrected chi connectivity index (χ2v) is 5.98. The van der Waals surface area contributed by atoms with E-state index in [9.17, 15) is 9.59 Å². The fourth-order valence-electron chi connectivity index (χ4n) is 1.80. The summed E-state index contributed by atoms with van der Waals surface area (Å²) in [5.74, 6) is 0.697. The molecule has 1 aromatic carbocycles. The smallest absolute Gasteiger partial charge is 0.251 e. The van der Waals surface area contributed by atoms with E-state index in [1.807, 2.05) is 20.8 Å². The minimum Gasteiger partial charge on any atom is -0.493 e. The molecule has 0 unspecified atom stereocenters. The van der Waals surface area contributed by atoms with Crippen LogP contribution in [0.15, 0.2) is 16.6 Å². The number of nitrogens with one attached hydrogen (secondary N) is 2. The van der Waals surface area contributed by atoms with Crippen LogP contribution in [-0.4, -0.2) is 38.6 Å². The van der Waals surface area contributed by atoms with E-state index in [4.69, 9.17) is 9.47 Å². The molecule has 7 heteroatoms. The number of benzene rings is 1. The molecule has 6 nitrogen and oxygen atoms in total. The Balaban J connectivity index is 2.66. The maximum atomic E-state index is 12.2. The van der Waals surface area contributed by atoms with Gasteiger partial charge in [0.05, 0.1) is 18.2 Å². The van der Waals surface area contributed by atoms with Gasteiger partial charge in [-0.3, -0.25) is 9.59 Å². The van der Waals surface area contributed by atoms with Crippen molar-refractivity contribution in [3.05, 3.63) is 22.2 Å². The normalized spacial score (nSPS) is 10.3. The van der Waals surface area contributed by atoms with Gasteiger partial charge in [-0.2, -0.15) is 0 Å². The molecule has 128 valence electrons. The fourth-order valence-corrected chi connectivity index (χ4v) is 2.36. The average Bonchev–Trinajstić information content (AvgIpc) is 2.52. The number of amides is 2. The number of methoxy groups -OCH3 is 1. The molecule has 0 spiro atoms. The van der Waals surface area contributed by atoms with Gasteiger partial charge in [-0.15, -0.1) is 0 Å². The number of rotatable bonds is 8. The summed E-state index contributed by atoms with van der Waals surface area (Å²) in [6.07, 6.45) is 0. The zero-order valence-corrected chi connectivity index (χ0v) is 15.5. The number of hydrogen-bond donors (Lipinski definition) is 2. The summed E-state index contributed by atoms with van der Waals surface area (Å²) in [7, 11) is 1.52. The number of ether oxygens (including phenoxy) is 2. The van der Waals surface area contributed by atoms with Crippen molar-refractivity contribution >= 4 is 27.7 Å². The van der Waals surface area contributed by atoms with Crippen molar-refractivity contribution in [2.45, 2.75) is 20.8 Å². The SMILES string of the molecule is CCOc1c(Br)cc(C(=O)NCCNC(=O)C(C)C)cc1OC. The molecule has 0 radical (unpaired) electrons. The summed E-state index contributed by atoms with van der Waals surface area (Å²) in [6, 6.07) is 3.30. The first-order chi connectivity index (χ1) is 10.9. The Bertz CT molecular complexity index is 561. The quantitative estimate of drug-likeness (QED) is 0.672. The van der Waals surface area contributed by atoms with E-state index in [-0.39, 0.29) is 17.7 Å². The van der Waals surface area contributed by atoms with E-state index >= 15 is 0 Å². The van der Waals surface area contributed by atoms with Crippen molar-refractivity contribution < 1.29 is 19.1 Å². The van der Waals surface area contributed by atoms with Gasteiger partial charge in [0, 0.05) is 24.6 Å². The summed E-state index contributed by atoms with van der Waals surface area (Å²) in [4.78, 5) is 23.6. The van der Waals surface area contributed by atoms with Crippen LogP contribution in [0.2, 0.25) is 0 Å². The topological polar surface area (TPSA) is 76.7 Å². The number of halogens is 1. The fraction of sp³-hybridized carbons (Fsp3) is 0.500. The van der Waals surface area contributed by atoms with Crippen LogP contribution in [0.3, 0.4) is 0 Å². The molecule has 2 N–H and O–H groups in total. The highest BCUT2D eigenvalue weighted by Gasteiger charge is 2.15. The zero-order valence-electron chi connectivity index (χ0n) is 13.9. The Morgan fingerprint density at radius 1 is 1.22 bits per heavy atom. The molecule has 23 heavy (non-hydrogen) atoms. The summed E-state index contributed by atoms with van der Waals surface area (Å²) < 4.78 is 11.4. The third-order valence-corrected chi connectivity index (χ3v) is 3.60. The summed E-state index contributed by atoms with van der Waals surface area (Å²) in [5.41, 5.74) is 0.451. The summed E-state index contributed by atoms with van der Waals surface area (Å²) >= 11 is 3.38. The van der Waals surface area contributed by atoms with Gasteiger partial charge in [0.1, 0.15) is 0 Å². The van der Waals surface area contributed by atoms with Crippen molar-refractivity contribution in [1.82, 2.24) is 10.6 Å². The Morgan fingerprint density at radius 3 is 2.43 bits per heavy atom. The molecule has 0 atom stereocenters. The van der Waals surface area contributed by atoms with Crippen molar-refractivity contribution in [3.63, 3.8) is 0 Å². The van der Waals surface area contributed by atoms with E-state index in [0.717, 1.165) is 0 Å². The van der Waals surface area contributed by atoms with Gasteiger partial charge in [-0.25, -0.2) is 0 Å². The Morgan fingerprint density at radius 2 is 1.87 bits per heavy atom. The molecule has 0 saturated carbocycles. The number of carbonyl (C=O) groups is 2. The van der Waals surface area contributed by atoms with Crippen molar-refractivity contribution in [3.8, 4) is 11.5 Å². The molecular formula is C16H23BrN2O4. The molecule has 0 aliphatic rings. The highest BCUT2D eigenvalue weighted by molar-refractivity contribution is 9.10. The summed E-state index contributed by atoms with van der Waals surface area (Å²) in [5, 5.41) is 5.49. The zero-order chi connectivity index (χ0) is 17.4. The standard InChI is InChI=1S/C16H23BrN2O4/c1-5-23-14-12(17)8-11(9-13(14)22-4)16(21)19-7-6-18-15(20)10(2)3/h8-10H,5-7H2,1-4H3,(H,18,20)(H,19,21). The van der Waals surface area contributed by atoms with Gasteiger partial charge >= 0.3 is 0 Å². The van der Waals surface area contributed by atoms with E-state index in [1.165, 1.54) is 7.11 Å². The maximum absolute atomic E-state index is 12.2. The van der Waals surface area contributed by atoms with Crippen LogP contribution in [-0.2, 0) is 4.79 Å². The van der Waals surface area contributed by atoms with Crippen molar-refractivity contribution in [2.24, 2.45) is 5.92 Å². The molecule has 1 rings (SSSR count). The van der Waals surface area contributed by atoms with Crippen LogP contribution in [0.25, 0.3) is 0 Å². The average molecular weight is 387 g/mol. The van der Waals surface area contributed by atoms with Crippen LogP contribution in [0.4, 0.5) is 0 Å². The monoisotopic (exact) mass is 386 g/mol. The van der Waals surface area contributed by atoms with Gasteiger partial charge in [-0.05, 0) is 35.0 Å². The number of carbonyl (C=O) groups excluding carboxylic acids is 2. The first kappa shape index (κ1) is 19.3. The Hall–Kier alpha value is -1.76. The largest absolute Gasteiger partial charge is 0.493 e. The lowest BCUT2D eigenvalue weighted by Gasteiger charge is -2.13. The second-order valence-electron chi connectivity index (χ2n) is 5.12. The lowest BCUT2D eigenvalue weighted by molar-refractivity contribution is -0.123. The van der Waals surface area contributed by atoms with Crippen LogP contribution < -0.4 is 20.1 Å². The molecule has 0 saturated heterocycles. The first-order valence-electron chi connectivity index (χ1n) is 7.46. The van der Waals surface area contributed by atoms with E-state index < -0.39 is 0 Å². The molecule has 0 aliphatic heterocycles. The van der Waals surface area contributed by atoms with Gasteiger partial charge < -0.3 is 20.1 Å². The molecule has 2 amide bonds. The van der Waals surface area contributed by atoms with Gasteiger partial charge in [-0.1, -0.05) is 13.8 Å². The van der Waals surface area contributed by atoms with E-state index in [2.05, 4.69) is 26.6 Å². The highest BCUT2D eigenvalue weighted by Crippen LogP contribution is 2.36. The lowest BCUT2D eigenvalue weighted by Crippen LogP contribution is -2.36. The van der Waals surface area contributed by atoms with E-state index in [1.54, 1.807) is 12.1 Å². The van der Waals surface area contributed by atoms with Gasteiger partial charge in [0.2, 0.25) is 5.91 Å². The van der Waals surface area contributed by atoms with Crippen LogP contribution in [0.5, 0.6) is 11.5 Å². The third kappa shape index (κ3) is 5.74. The predicted octanol–water partition coefficient (Wildman–Crippen LogP) is 2.36. The maximum Gasteiger partial charge on any atom is 0.251 e. The van der Waals surface area contributed by atoms with Crippen LogP contribution >= 0.6 is 15.9 Å². The highest BCUT2D eigenvalue weighted by atomic mass is 79.9. The number of hydrogen-bond acceptors (Lipinski definition) is 4. The molecular weight excluding hydrogens is 364 g/mol. The van der Waals surface area contributed by atoms with Gasteiger partial charge in [0.25, 0.3) is 5.91 Å². The molecule has 0 fully saturated rings. The molecule has 0 aromatic heterocycles. The van der Waals surface area contributed by atoms with Crippen LogP contribution in [0, 0.1) is 5.92 Å². The Labute approximate surface area is 145 Å². The Kier molecular flexibility index (Phi) is 7.88. The van der Waals surface area contributed by atoms with E-state index in [0.29, 0.717) is 41.2 Å². The minimum atomic E-state index is -0.245. The minimum absolute atomic E-state index is 0.0373. The molecule has 0 bridgehead atoms.